The van der Waals surface area contributed by atoms with E-state index in [9.17, 15) is 13.7 Å². The Morgan fingerprint density at radius 2 is 1.78 bits per heavy atom. The zero-order valence-corrected chi connectivity index (χ0v) is 12.0. The molecule has 1 fully saturated rings. The van der Waals surface area contributed by atoms with E-state index >= 15 is 0 Å². The Kier molecular flexibility index (Phi) is 5.57. The largest absolute Gasteiger partial charge is 0.278 e. The number of nitrogens with one attached hydrogen (secondary N) is 2. The van der Waals surface area contributed by atoms with Gasteiger partial charge in [0, 0.05) is 6.54 Å². The summed E-state index contributed by atoms with van der Waals surface area (Å²) in [6.07, 6.45) is 5.16. The van der Waals surface area contributed by atoms with Crippen molar-refractivity contribution < 1.29 is 8.42 Å². The first kappa shape index (κ1) is 15.4. The molecule has 0 spiro atoms. The fraction of sp³-hybridized carbons (Fsp3) is 0.917. The summed E-state index contributed by atoms with van der Waals surface area (Å²) < 4.78 is 28.9. The highest BCUT2D eigenvalue weighted by Crippen LogP contribution is 2.27. The summed E-state index contributed by atoms with van der Waals surface area (Å²) in [4.78, 5) is 0. The van der Waals surface area contributed by atoms with Gasteiger partial charge in [-0.1, -0.05) is 39.5 Å². The van der Waals surface area contributed by atoms with Gasteiger partial charge in [0.05, 0.1) is 6.07 Å². The summed E-state index contributed by atoms with van der Waals surface area (Å²) in [6, 6.07) is 2.17. The van der Waals surface area contributed by atoms with Crippen LogP contribution in [0, 0.1) is 17.2 Å². The van der Waals surface area contributed by atoms with Crippen molar-refractivity contribution in [2.45, 2.75) is 57.9 Å². The van der Waals surface area contributed by atoms with Crippen molar-refractivity contribution >= 4 is 10.2 Å². The molecule has 6 heteroatoms. The normalized spacial score (nSPS) is 20.3. The van der Waals surface area contributed by atoms with E-state index < -0.39 is 15.7 Å². The third-order valence-corrected chi connectivity index (χ3v) is 4.39. The Morgan fingerprint density at radius 3 is 2.22 bits per heavy atom. The van der Waals surface area contributed by atoms with Gasteiger partial charge in [-0.2, -0.15) is 18.4 Å². The molecule has 0 atom stereocenters. The summed E-state index contributed by atoms with van der Waals surface area (Å²) in [7, 11) is -3.59. The van der Waals surface area contributed by atoms with Crippen molar-refractivity contribution in [2.24, 2.45) is 5.92 Å². The number of rotatable bonds is 5. The SMILES string of the molecule is CC(C)CNS(=O)(=O)NC1(C#N)CCCCCC1. The molecule has 1 rings (SSSR count). The first-order valence-electron chi connectivity index (χ1n) is 6.59. The van der Waals surface area contributed by atoms with Gasteiger partial charge in [-0.15, -0.1) is 0 Å². The smallest absolute Gasteiger partial charge is 0.202 e. The monoisotopic (exact) mass is 273 g/mol. The molecular weight excluding hydrogens is 250 g/mol. The number of nitrogens with zero attached hydrogens (tertiary/aromatic N) is 1. The van der Waals surface area contributed by atoms with Gasteiger partial charge in [0.2, 0.25) is 0 Å². The fourth-order valence-corrected chi connectivity index (χ4v) is 3.53. The molecule has 1 aliphatic carbocycles. The van der Waals surface area contributed by atoms with Crippen LogP contribution in [0.5, 0.6) is 0 Å². The van der Waals surface area contributed by atoms with Crippen LogP contribution >= 0.6 is 0 Å². The molecule has 18 heavy (non-hydrogen) atoms. The van der Waals surface area contributed by atoms with Crippen LogP contribution in [0.25, 0.3) is 0 Å². The predicted molar refractivity (Wildman–Crippen MR) is 70.9 cm³/mol. The van der Waals surface area contributed by atoms with Crippen LogP contribution < -0.4 is 9.44 Å². The molecule has 104 valence electrons. The van der Waals surface area contributed by atoms with Gasteiger partial charge in [-0.25, -0.2) is 4.72 Å². The van der Waals surface area contributed by atoms with Crippen molar-refractivity contribution in [3.63, 3.8) is 0 Å². The Bertz CT molecular complexity index is 390. The van der Waals surface area contributed by atoms with Crippen LogP contribution in [0.2, 0.25) is 0 Å². The maximum Gasteiger partial charge on any atom is 0.278 e. The third-order valence-electron chi connectivity index (χ3n) is 3.18. The Balaban J connectivity index is 2.69. The van der Waals surface area contributed by atoms with E-state index in [0.29, 0.717) is 19.4 Å². The molecule has 0 aromatic carbocycles. The van der Waals surface area contributed by atoms with E-state index in [-0.39, 0.29) is 5.92 Å². The Labute approximate surface area is 110 Å². The molecule has 0 aromatic heterocycles. The second kappa shape index (κ2) is 6.50. The van der Waals surface area contributed by atoms with Crippen LogP contribution in [0.3, 0.4) is 0 Å². The van der Waals surface area contributed by atoms with E-state index in [4.69, 9.17) is 0 Å². The molecule has 2 N–H and O–H groups in total. The van der Waals surface area contributed by atoms with Crippen LogP contribution in [0.4, 0.5) is 0 Å². The van der Waals surface area contributed by atoms with E-state index in [1.807, 2.05) is 13.8 Å². The van der Waals surface area contributed by atoms with Gasteiger partial charge in [0.1, 0.15) is 5.54 Å². The van der Waals surface area contributed by atoms with Crippen molar-refractivity contribution in [1.82, 2.24) is 9.44 Å². The summed E-state index contributed by atoms with van der Waals surface area (Å²) in [5.41, 5.74) is -0.917. The summed E-state index contributed by atoms with van der Waals surface area (Å²) in [6.45, 7) is 4.26. The minimum Gasteiger partial charge on any atom is -0.202 e. The van der Waals surface area contributed by atoms with Crippen molar-refractivity contribution in [3.8, 4) is 6.07 Å². The molecule has 0 aromatic rings. The molecule has 1 aliphatic rings. The minimum atomic E-state index is -3.59. The summed E-state index contributed by atoms with van der Waals surface area (Å²) in [5.74, 6) is 0.244. The van der Waals surface area contributed by atoms with E-state index in [0.717, 1.165) is 25.7 Å². The Morgan fingerprint density at radius 1 is 1.22 bits per heavy atom. The number of hydrogen-bond acceptors (Lipinski definition) is 3. The minimum absolute atomic E-state index is 0.244. The maximum atomic E-state index is 11.9. The molecular formula is C12H23N3O2S. The lowest BCUT2D eigenvalue weighted by molar-refractivity contribution is 0.417. The Hall–Kier alpha value is -0.640. The molecule has 0 heterocycles. The van der Waals surface area contributed by atoms with Gasteiger partial charge in [-0.3, -0.25) is 0 Å². The van der Waals surface area contributed by atoms with Gasteiger partial charge >= 0.3 is 0 Å². The average Bonchev–Trinajstić information content (AvgIpc) is 2.52. The first-order valence-corrected chi connectivity index (χ1v) is 8.07. The van der Waals surface area contributed by atoms with Crippen LogP contribution in [-0.2, 0) is 10.2 Å². The second-order valence-electron chi connectivity index (χ2n) is 5.46. The lowest BCUT2D eigenvalue weighted by atomic mass is 9.94. The molecule has 1 saturated carbocycles. The highest BCUT2D eigenvalue weighted by atomic mass is 32.2. The van der Waals surface area contributed by atoms with E-state index in [1.54, 1.807) is 0 Å². The van der Waals surface area contributed by atoms with Crippen molar-refractivity contribution in [2.75, 3.05) is 6.54 Å². The second-order valence-corrected chi connectivity index (χ2v) is 6.96. The topological polar surface area (TPSA) is 82.0 Å². The zero-order chi connectivity index (χ0) is 13.6. The molecule has 0 amide bonds. The zero-order valence-electron chi connectivity index (χ0n) is 11.2. The molecule has 5 nitrogen and oxygen atoms in total. The molecule has 0 aliphatic heterocycles. The summed E-state index contributed by atoms with van der Waals surface area (Å²) in [5, 5.41) is 9.30. The number of hydrogen-bond donors (Lipinski definition) is 2. The molecule has 0 radical (unpaired) electrons. The standard InChI is InChI=1S/C12H23N3O2S/c1-11(2)9-14-18(16,17)15-12(10-13)7-5-3-4-6-8-12/h11,14-15H,3-9H2,1-2H3. The lowest BCUT2D eigenvalue weighted by Gasteiger charge is -2.26. The molecule has 0 bridgehead atoms. The fourth-order valence-electron chi connectivity index (χ4n) is 2.14. The van der Waals surface area contributed by atoms with Crippen LogP contribution in [-0.4, -0.2) is 20.5 Å². The van der Waals surface area contributed by atoms with E-state index in [1.165, 1.54) is 0 Å². The molecule has 0 unspecified atom stereocenters. The predicted octanol–water partition coefficient (Wildman–Crippen LogP) is 1.68. The van der Waals surface area contributed by atoms with Gasteiger partial charge in [0.25, 0.3) is 10.2 Å². The van der Waals surface area contributed by atoms with Crippen LogP contribution in [0.1, 0.15) is 52.4 Å². The average molecular weight is 273 g/mol. The lowest BCUT2D eigenvalue weighted by Crippen LogP contribution is -2.51. The number of nitriles is 1. The van der Waals surface area contributed by atoms with Crippen LogP contribution in [0.15, 0.2) is 0 Å². The quantitative estimate of drug-likeness (QED) is 0.748. The van der Waals surface area contributed by atoms with Crippen molar-refractivity contribution in [3.05, 3.63) is 0 Å². The molecule has 0 saturated heterocycles. The highest BCUT2D eigenvalue weighted by molar-refractivity contribution is 7.87. The van der Waals surface area contributed by atoms with E-state index in [2.05, 4.69) is 15.5 Å². The third kappa shape index (κ3) is 4.92. The van der Waals surface area contributed by atoms with Gasteiger partial charge < -0.3 is 0 Å². The summed E-state index contributed by atoms with van der Waals surface area (Å²) >= 11 is 0. The maximum absolute atomic E-state index is 11.9. The van der Waals surface area contributed by atoms with Gasteiger partial charge in [0.15, 0.2) is 0 Å². The first-order chi connectivity index (χ1) is 8.39. The van der Waals surface area contributed by atoms with Crippen molar-refractivity contribution in [1.29, 1.82) is 5.26 Å². The van der Waals surface area contributed by atoms with Gasteiger partial charge in [-0.05, 0) is 18.8 Å². The highest BCUT2D eigenvalue weighted by Gasteiger charge is 2.35.